The molecule has 4 aromatic rings. The van der Waals surface area contributed by atoms with Crippen molar-refractivity contribution in [3.63, 3.8) is 0 Å². The number of amides is 1. The molecule has 1 aromatic heterocycles. The zero-order valence-electron chi connectivity index (χ0n) is 21.4. The van der Waals surface area contributed by atoms with Crippen LogP contribution < -0.4 is 14.8 Å². The molecule has 6 heteroatoms. The number of carbonyl (C=O) groups excluding carboxylic acids is 1. The average Bonchev–Trinajstić information content (AvgIpc) is 3.25. The number of aryl methyl sites for hydroxylation is 1. The minimum Gasteiger partial charge on any atom is -0.497 e. The number of methoxy groups -OCH3 is 1. The normalized spacial score (nSPS) is 11.1. The predicted octanol–water partition coefficient (Wildman–Crippen LogP) is 6.00. The number of unbranched alkanes of at least 4 members (excludes halogenated alkanes) is 1. The molecule has 188 valence electrons. The van der Waals surface area contributed by atoms with E-state index in [2.05, 4.69) is 48.0 Å². The van der Waals surface area contributed by atoms with Crippen molar-refractivity contribution in [2.24, 2.45) is 0 Å². The third-order valence-corrected chi connectivity index (χ3v) is 6.27. The van der Waals surface area contributed by atoms with Crippen molar-refractivity contribution >= 4 is 16.9 Å². The number of rotatable bonds is 12. The van der Waals surface area contributed by atoms with E-state index in [4.69, 9.17) is 14.5 Å². The molecule has 36 heavy (non-hydrogen) atoms. The Labute approximate surface area is 213 Å². The third-order valence-electron chi connectivity index (χ3n) is 6.27. The van der Waals surface area contributed by atoms with Gasteiger partial charge in [-0.3, -0.25) is 4.79 Å². The van der Waals surface area contributed by atoms with Crippen LogP contribution in [0.2, 0.25) is 0 Å². The molecule has 0 spiro atoms. The lowest BCUT2D eigenvalue weighted by Crippen LogP contribution is -2.26. The first-order chi connectivity index (χ1) is 17.6. The molecule has 6 nitrogen and oxygen atoms in total. The number of imidazole rings is 1. The lowest BCUT2D eigenvalue weighted by molar-refractivity contribution is 0.0953. The fraction of sp³-hybridized carbons (Fsp3) is 0.333. The second-order valence-electron chi connectivity index (χ2n) is 9.15. The lowest BCUT2D eigenvalue weighted by Gasteiger charge is -2.14. The van der Waals surface area contributed by atoms with Crippen LogP contribution in [0.15, 0.2) is 72.8 Å². The van der Waals surface area contributed by atoms with Crippen molar-refractivity contribution in [1.29, 1.82) is 0 Å². The molecule has 3 aromatic carbocycles. The van der Waals surface area contributed by atoms with Gasteiger partial charge in [0.2, 0.25) is 0 Å². The molecule has 0 aliphatic carbocycles. The van der Waals surface area contributed by atoms with Gasteiger partial charge in [-0.25, -0.2) is 4.98 Å². The van der Waals surface area contributed by atoms with Gasteiger partial charge >= 0.3 is 0 Å². The fourth-order valence-electron chi connectivity index (χ4n) is 4.36. The molecule has 0 aliphatic rings. The SMILES string of the molecule is COc1cccc(C(=O)NCCc2nc3ccccc3n2CCCCOc2ccccc2C(C)C)c1. The molecule has 0 fully saturated rings. The van der Waals surface area contributed by atoms with Crippen LogP contribution in [0.3, 0.4) is 0 Å². The van der Waals surface area contributed by atoms with Crippen molar-refractivity contribution in [1.82, 2.24) is 14.9 Å². The maximum absolute atomic E-state index is 12.6. The van der Waals surface area contributed by atoms with Gasteiger partial charge in [-0.1, -0.05) is 50.2 Å². The van der Waals surface area contributed by atoms with Crippen molar-refractivity contribution in [3.05, 3.63) is 89.7 Å². The second kappa shape index (κ2) is 12.2. The van der Waals surface area contributed by atoms with Gasteiger partial charge in [0.05, 0.1) is 24.8 Å². The summed E-state index contributed by atoms with van der Waals surface area (Å²) in [5.74, 6) is 2.95. The van der Waals surface area contributed by atoms with Crippen LogP contribution >= 0.6 is 0 Å². The van der Waals surface area contributed by atoms with Crippen LogP contribution in [-0.4, -0.2) is 35.7 Å². The highest BCUT2D eigenvalue weighted by Crippen LogP contribution is 2.26. The van der Waals surface area contributed by atoms with Crippen LogP contribution in [0.1, 0.15) is 54.4 Å². The summed E-state index contributed by atoms with van der Waals surface area (Å²) < 4.78 is 13.6. The summed E-state index contributed by atoms with van der Waals surface area (Å²) in [6, 6.07) is 23.6. The molecule has 1 heterocycles. The van der Waals surface area contributed by atoms with Crippen LogP contribution in [0.4, 0.5) is 0 Å². The predicted molar refractivity (Wildman–Crippen MR) is 144 cm³/mol. The number of hydrogen-bond donors (Lipinski definition) is 1. The molecular formula is C30H35N3O3. The Bertz CT molecular complexity index is 1300. The van der Waals surface area contributed by atoms with E-state index in [0.717, 1.165) is 42.0 Å². The Hall–Kier alpha value is -3.80. The number of nitrogens with zero attached hydrogens (tertiary/aromatic N) is 2. The van der Waals surface area contributed by atoms with Gasteiger partial charge in [0.25, 0.3) is 5.91 Å². The minimum absolute atomic E-state index is 0.115. The van der Waals surface area contributed by atoms with Gasteiger partial charge in [-0.05, 0) is 60.7 Å². The van der Waals surface area contributed by atoms with Gasteiger partial charge in [-0.2, -0.15) is 0 Å². The molecule has 0 bridgehead atoms. The molecule has 1 amide bonds. The highest BCUT2D eigenvalue weighted by Gasteiger charge is 2.12. The second-order valence-corrected chi connectivity index (χ2v) is 9.15. The molecule has 0 aliphatic heterocycles. The number of benzene rings is 3. The summed E-state index contributed by atoms with van der Waals surface area (Å²) in [5, 5.41) is 3.01. The van der Waals surface area contributed by atoms with E-state index in [1.807, 2.05) is 36.4 Å². The topological polar surface area (TPSA) is 65.4 Å². The molecule has 0 atom stereocenters. The first-order valence-corrected chi connectivity index (χ1v) is 12.6. The van der Waals surface area contributed by atoms with Gasteiger partial charge in [-0.15, -0.1) is 0 Å². The van der Waals surface area contributed by atoms with Crippen LogP contribution in [0, 0.1) is 0 Å². The van der Waals surface area contributed by atoms with E-state index in [0.29, 0.717) is 36.8 Å². The molecule has 0 saturated heterocycles. The number of hydrogen-bond acceptors (Lipinski definition) is 4. The van der Waals surface area contributed by atoms with E-state index in [9.17, 15) is 4.79 Å². The van der Waals surface area contributed by atoms with E-state index >= 15 is 0 Å². The number of nitrogens with one attached hydrogen (secondary N) is 1. The highest BCUT2D eigenvalue weighted by molar-refractivity contribution is 5.94. The number of carbonyl (C=O) groups is 1. The van der Waals surface area contributed by atoms with Crippen molar-refractivity contribution in [3.8, 4) is 11.5 Å². The Balaban J connectivity index is 1.34. The Kier molecular flexibility index (Phi) is 8.61. The summed E-state index contributed by atoms with van der Waals surface area (Å²) >= 11 is 0. The first-order valence-electron chi connectivity index (χ1n) is 12.6. The molecular weight excluding hydrogens is 450 g/mol. The number of fused-ring (bicyclic) bond motifs is 1. The summed E-state index contributed by atoms with van der Waals surface area (Å²) in [6.45, 7) is 6.42. The maximum Gasteiger partial charge on any atom is 0.251 e. The summed E-state index contributed by atoms with van der Waals surface area (Å²) in [6.07, 6.45) is 2.58. The van der Waals surface area contributed by atoms with Gasteiger partial charge in [0, 0.05) is 25.1 Å². The van der Waals surface area contributed by atoms with Crippen molar-refractivity contribution < 1.29 is 14.3 Å². The quantitative estimate of drug-likeness (QED) is 0.250. The van der Waals surface area contributed by atoms with Crippen molar-refractivity contribution in [2.75, 3.05) is 20.3 Å². The average molecular weight is 486 g/mol. The molecule has 0 saturated carbocycles. The van der Waals surface area contributed by atoms with Gasteiger partial charge < -0.3 is 19.4 Å². The number of aromatic nitrogens is 2. The maximum atomic E-state index is 12.6. The van der Waals surface area contributed by atoms with E-state index in [1.54, 1.807) is 19.2 Å². The van der Waals surface area contributed by atoms with E-state index < -0.39 is 0 Å². The first kappa shape index (κ1) is 25.3. The largest absolute Gasteiger partial charge is 0.497 e. The van der Waals surface area contributed by atoms with Crippen molar-refractivity contribution in [2.45, 2.75) is 45.6 Å². The van der Waals surface area contributed by atoms with Gasteiger partial charge in [0.15, 0.2) is 0 Å². The minimum atomic E-state index is -0.115. The Morgan fingerprint density at radius 3 is 2.64 bits per heavy atom. The number of ether oxygens (including phenoxy) is 2. The molecule has 0 radical (unpaired) electrons. The summed E-state index contributed by atoms with van der Waals surface area (Å²) in [7, 11) is 1.60. The monoisotopic (exact) mass is 485 g/mol. The van der Waals surface area contributed by atoms with Crippen LogP contribution in [0.25, 0.3) is 11.0 Å². The zero-order valence-corrected chi connectivity index (χ0v) is 21.4. The van der Waals surface area contributed by atoms with E-state index in [-0.39, 0.29) is 5.91 Å². The Morgan fingerprint density at radius 1 is 1.00 bits per heavy atom. The molecule has 0 unspecified atom stereocenters. The van der Waals surface area contributed by atoms with Crippen LogP contribution in [-0.2, 0) is 13.0 Å². The standard InChI is InChI=1S/C30H35N3O3/c1-22(2)25-13-4-7-16-28(25)36-20-9-8-19-33-27-15-6-5-14-26(27)32-29(33)17-18-31-30(34)23-11-10-12-24(21-23)35-3/h4-7,10-16,21-22H,8-9,17-20H2,1-3H3,(H,31,34). The number of para-hydroxylation sites is 3. The highest BCUT2D eigenvalue weighted by atomic mass is 16.5. The smallest absolute Gasteiger partial charge is 0.251 e. The van der Waals surface area contributed by atoms with Crippen LogP contribution in [0.5, 0.6) is 11.5 Å². The summed E-state index contributed by atoms with van der Waals surface area (Å²) in [4.78, 5) is 17.4. The third kappa shape index (κ3) is 6.25. The Morgan fingerprint density at radius 2 is 1.81 bits per heavy atom. The zero-order chi connectivity index (χ0) is 25.3. The van der Waals surface area contributed by atoms with E-state index in [1.165, 1.54) is 5.56 Å². The summed E-state index contributed by atoms with van der Waals surface area (Å²) in [5.41, 5.74) is 3.93. The van der Waals surface area contributed by atoms with Gasteiger partial charge in [0.1, 0.15) is 17.3 Å². The molecule has 4 rings (SSSR count). The lowest BCUT2D eigenvalue weighted by atomic mass is 10.0. The molecule has 1 N–H and O–H groups in total. The fourth-order valence-corrected chi connectivity index (χ4v) is 4.36.